The molecule has 1 aromatic heterocycles. The molecule has 1 amide bonds. The van der Waals surface area contributed by atoms with Gasteiger partial charge in [-0.15, -0.1) is 0 Å². The van der Waals surface area contributed by atoms with Crippen molar-refractivity contribution in [3.63, 3.8) is 0 Å². The zero-order valence-electron chi connectivity index (χ0n) is 10.9. The van der Waals surface area contributed by atoms with E-state index < -0.39 is 12.8 Å². The third kappa shape index (κ3) is 5.43. The lowest BCUT2D eigenvalue weighted by Gasteiger charge is -2.13. The largest absolute Gasteiger partial charge is 0.468 e. The Bertz CT molecular complexity index is 452. The maximum atomic E-state index is 12.1. The van der Waals surface area contributed by atoms with Crippen LogP contribution < -0.4 is 15.8 Å². The fraction of sp³-hybridized carbons (Fsp3) is 0.500. The molecule has 112 valence electrons. The minimum atomic E-state index is -4.44. The molecule has 0 aliphatic carbocycles. The Morgan fingerprint density at radius 3 is 2.85 bits per heavy atom. The van der Waals surface area contributed by atoms with E-state index in [9.17, 15) is 18.0 Å². The summed E-state index contributed by atoms with van der Waals surface area (Å²) in [6.07, 6.45) is -3.12. The van der Waals surface area contributed by atoms with E-state index in [-0.39, 0.29) is 30.8 Å². The predicted octanol–water partition coefficient (Wildman–Crippen LogP) is 1.23. The lowest BCUT2D eigenvalue weighted by Crippen LogP contribution is -2.33. The first kappa shape index (κ1) is 16.2. The monoisotopic (exact) mass is 291 g/mol. The number of nitrogens with two attached hydrogens (primary N) is 1. The number of carbonyl (C=O) groups is 1. The number of carbonyl (C=O) groups excluding carboxylic acids is 1. The molecule has 1 heterocycles. The molecule has 1 atom stereocenters. The Labute approximate surface area is 114 Å². The van der Waals surface area contributed by atoms with Crippen LogP contribution in [0.3, 0.4) is 0 Å². The molecule has 20 heavy (non-hydrogen) atoms. The highest BCUT2D eigenvalue weighted by Crippen LogP contribution is 2.19. The van der Waals surface area contributed by atoms with Gasteiger partial charge in [-0.05, 0) is 6.07 Å². The molecule has 1 aromatic rings. The Morgan fingerprint density at radius 2 is 2.25 bits per heavy atom. The zero-order valence-corrected chi connectivity index (χ0v) is 10.9. The summed E-state index contributed by atoms with van der Waals surface area (Å²) in [4.78, 5) is 15.3. The molecule has 0 bridgehead atoms. The second-order valence-corrected chi connectivity index (χ2v) is 4.23. The van der Waals surface area contributed by atoms with Crippen LogP contribution in [-0.4, -0.2) is 30.2 Å². The number of ether oxygens (including phenoxy) is 1. The molecule has 0 aliphatic rings. The maximum Gasteiger partial charge on any atom is 0.422 e. The SMILES string of the molecule is CC(CN)C(=O)NCc1cccnc1OCC(F)(F)F. The van der Waals surface area contributed by atoms with Crippen LogP contribution in [0.15, 0.2) is 18.3 Å². The van der Waals surface area contributed by atoms with Crippen LogP contribution in [-0.2, 0) is 11.3 Å². The van der Waals surface area contributed by atoms with E-state index in [0.717, 1.165) is 0 Å². The van der Waals surface area contributed by atoms with Crippen molar-refractivity contribution >= 4 is 5.91 Å². The van der Waals surface area contributed by atoms with E-state index in [2.05, 4.69) is 15.0 Å². The zero-order chi connectivity index (χ0) is 15.2. The number of hydrogen-bond donors (Lipinski definition) is 2. The van der Waals surface area contributed by atoms with Crippen LogP contribution >= 0.6 is 0 Å². The molecule has 0 spiro atoms. The third-order valence-corrected chi connectivity index (χ3v) is 2.48. The fourth-order valence-corrected chi connectivity index (χ4v) is 1.30. The summed E-state index contributed by atoms with van der Waals surface area (Å²) in [5, 5.41) is 2.57. The normalized spacial score (nSPS) is 12.8. The van der Waals surface area contributed by atoms with E-state index in [0.29, 0.717) is 5.56 Å². The van der Waals surface area contributed by atoms with Crippen molar-refractivity contribution in [2.24, 2.45) is 11.7 Å². The maximum absolute atomic E-state index is 12.1. The molecule has 1 rings (SSSR count). The van der Waals surface area contributed by atoms with Gasteiger partial charge in [-0.2, -0.15) is 13.2 Å². The van der Waals surface area contributed by atoms with Crippen molar-refractivity contribution < 1.29 is 22.7 Å². The van der Waals surface area contributed by atoms with Crippen LogP contribution in [0.2, 0.25) is 0 Å². The number of amides is 1. The van der Waals surface area contributed by atoms with Gasteiger partial charge in [0.05, 0.1) is 0 Å². The molecule has 0 fully saturated rings. The average molecular weight is 291 g/mol. The van der Waals surface area contributed by atoms with Gasteiger partial charge in [-0.25, -0.2) is 4.98 Å². The third-order valence-electron chi connectivity index (χ3n) is 2.48. The van der Waals surface area contributed by atoms with Crippen molar-refractivity contribution in [2.75, 3.05) is 13.2 Å². The smallest absolute Gasteiger partial charge is 0.422 e. The van der Waals surface area contributed by atoms with Gasteiger partial charge in [0, 0.05) is 30.8 Å². The first-order valence-corrected chi connectivity index (χ1v) is 5.94. The molecule has 3 N–H and O–H groups in total. The molecule has 0 aromatic carbocycles. The minimum Gasteiger partial charge on any atom is -0.468 e. The van der Waals surface area contributed by atoms with E-state index in [4.69, 9.17) is 5.73 Å². The van der Waals surface area contributed by atoms with Crippen molar-refractivity contribution in [3.05, 3.63) is 23.9 Å². The second kappa shape index (κ2) is 7.09. The first-order chi connectivity index (χ1) is 9.33. The number of pyridine rings is 1. The summed E-state index contributed by atoms with van der Waals surface area (Å²) in [7, 11) is 0. The summed E-state index contributed by atoms with van der Waals surface area (Å²) in [6, 6.07) is 3.08. The van der Waals surface area contributed by atoms with Crippen LogP contribution in [0.25, 0.3) is 0 Å². The molecule has 0 radical (unpaired) electrons. The Balaban J connectivity index is 2.64. The van der Waals surface area contributed by atoms with Crippen LogP contribution in [0.1, 0.15) is 12.5 Å². The van der Waals surface area contributed by atoms with Crippen molar-refractivity contribution in [1.82, 2.24) is 10.3 Å². The number of nitrogens with one attached hydrogen (secondary N) is 1. The molecule has 0 saturated carbocycles. The molecule has 0 saturated heterocycles. The van der Waals surface area contributed by atoms with Crippen molar-refractivity contribution in [3.8, 4) is 5.88 Å². The molecule has 1 unspecified atom stereocenters. The number of rotatable bonds is 6. The van der Waals surface area contributed by atoms with Crippen molar-refractivity contribution in [1.29, 1.82) is 0 Å². The lowest BCUT2D eigenvalue weighted by molar-refractivity contribution is -0.154. The van der Waals surface area contributed by atoms with Gasteiger partial charge in [0.1, 0.15) is 0 Å². The van der Waals surface area contributed by atoms with Gasteiger partial charge in [-0.3, -0.25) is 4.79 Å². The highest BCUT2D eigenvalue weighted by atomic mass is 19.4. The van der Waals surface area contributed by atoms with Crippen LogP contribution in [0.4, 0.5) is 13.2 Å². The number of aromatic nitrogens is 1. The average Bonchev–Trinajstić information content (AvgIpc) is 2.41. The molecular formula is C12H16F3N3O2. The van der Waals surface area contributed by atoms with Gasteiger partial charge in [0.2, 0.25) is 11.8 Å². The molecule has 5 nitrogen and oxygen atoms in total. The Hall–Kier alpha value is -1.83. The molecular weight excluding hydrogens is 275 g/mol. The topological polar surface area (TPSA) is 77.2 Å². The first-order valence-electron chi connectivity index (χ1n) is 5.94. The summed E-state index contributed by atoms with van der Waals surface area (Å²) >= 11 is 0. The van der Waals surface area contributed by atoms with Gasteiger partial charge in [0.15, 0.2) is 6.61 Å². The van der Waals surface area contributed by atoms with Crippen LogP contribution in [0, 0.1) is 5.92 Å². The van der Waals surface area contributed by atoms with Gasteiger partial charge in [0.25, 0.3) is 0 Å². The minimum absolute atomic E-state index is 0.0319. The summed E-state index contributed by atoms with van der Waals surface area (Å²) < 4.78 is 40.9. The van der Waals surface area contributed by atoms with Gasteiger partial charge in [-0.1, -0.05) is 13.0 Å². The summed E-state index contributed by atoms with van der Waals surface area (Å²) in [5.41, 5.74) is 5.71. The standard InChI is InChI=1S/C12H16F3N3O2/c1-8(5-16)10(19)18-6-9-3-2-4-17-11(9)20-7-12(13,14)15/h2-4,8H,5-7,16H2,1H3,(H,18,19). The predicted molar refractivity (Wildman–Crippen MR) is 65.9 cm³/mol. The van der Waals surface area contributed by atoms with E-state index in [1.807, 2.05) is 0 Å². The van der Waals surface area contributed by atoms with E-state index in [1.54, 1.807) is 13.0 Å². The number of nitrogens with zero attached hydrogens (tertiary/aromatic N) is 1. The highest BCUT2D eigenvalue weighted by molar-refractivity contribution is 5.78. The number of halogens is 3. The summed E-state index contributed by atoms with van der Waals surface area (Å²) in [5.74, 6) is -0.796. The molecule has 0 aliphatic heterocycles. The lowest BCUT2D eigenvalue weighted by atomic mass is 10.1. The summed E-state index contributed by atoms with van der Waals surface area (Å²) in [6.45, 7) is 0.449. The van der Waals surface area contributed by atoms with Crippen LogP contribution in [0.5, 0.6) is 5.88 Å². The fourth-order valence-electron chi connectivity index (χ4n) is 1.30. The number of hydrogen-bond acceptors (Lipinski definition) is 4. The van der Waals surface area contributed by atoms with Gasteiger partial charge >= 0.3 is 6.18 Å². The molecule has 8 heteroatoms. The van der Waals surface area contributed by atoms with E-state index >= 15 is 0 Å². The highest BCUT2D eigenvalue weighted by Gasteiger charge is 2.29. The quantitative estimate of drug-likeness (QED) is 0.826. The number of alkyl halides is 3. The second-order valence-electron chi connectivity index (χ2n) is 4.23. The van der Waals surface area contributed by atoms with E-state index in [1.165, 1.54) is 12.3 Å². The Kier molecular flexibility index (Phi) is 5.75. The van der Waals surface area contributed by atoms with Crippen molar-refractivity contribution in [2.45, 2.75) is 19.6 Å². The Morgan fingerprint density at radius 1 is 1.55 bits per heavy atom. The van der Waals surface area contributed by atoms with Gasteiger partial charge < -0.3 is 15.8 Å².